The fourth-order valence-electron chi connectivity index (χ4n) is 5.32. The Kier molecular flexibility index (Phi) is 6.86. The van der Waals surface area contributed by atoms with Crippen molar-refractivity contribution in [3.63, 3.8) is 0 Å². The number of piperidine rings is 1. The van der Waals surface area contributed by atoms with Crippen molar-refractivity contribution in [3.8, 4) is 0 Å². The van der Waals surface area contributed by atoms with E-state index in [2.05, 4.69) is 40.5 Å². The highest BCUT2D eigenvalue weighted by Gasteiger charge is 2.49. The second-order valence-corrected chi connectivity index (χ2v) is 8.80. The quantitative estimate of drug-likeness (QED) is 0.736. The van der Waals surface area contributed by atoms with Gasteiger partial charge in [0.1, 0.15) is 0 Å². The lowest BCUT2D eigenvalue weighted by Crippen LogP contribution is -2.54. The molecule has 1 N–H and O–H groups in total. The van der Waals surface area contributed by atoms with Crippen LogP contribution in [0.25, 0.3) is 0 Å². The number of nitrogens with zero attached hydrogens (tertiary/aromatic N) is 1. The van der Waals surface area contributed by atoms with Gasteiger partial charge in [-0.2, -0.15) is 0 Å². The van der Waals surface area contributed by atoms with Gasteiger partial charge in [0.15, 0.2) is 5.60 Å². The molecule has 1 atom stereocenters. The summed E-state index contributed by atoms with van der Waals surface area (Å²) in [5.74, 6) is 0.285. The predicted octanol–water partition coefficient (Wildman–Crippen LogP) is 4.50. The van der Waals surface area contributed by atoms with Crippen molar-refractivity contribution < 1.29 is 9.53 Å². The van der Waals surface area contributed by atoms with Crippen LogP contribution in [0.5, 0.6) is 0 Å². The Morgan fingerprint density at radius 1 is 0.967 bits per heavy atom. The van der Waals surface area contributed by atoms with E-state index in [0.717, 1.165) is 50.9 Å². The highest BCUT2D eigenvalue weighted by atomic mass is 16.5. The number of hydrogen-bond donors (Lipinski definition) is 1. The van der Waals surface area contributed by atoms with Crippen molar-refractivity contribution in [2.75, 3.05) is 20.2 Å². The summed E-state index contributed by atoms with van der Waals surface area (Å²) in [6.45, 7) is 3.00. The first-order valence-corrected chi connectivity index (χ1v) is 11.4. The molecule has 4 rings (SSSR count). The molecule has 1 unspecified atom stereocenters. The molecule has 2 aromatic carbocycles. The minimum atomic E-state index is -0.876. The molecule has 0 bridgehead atoms. The Morgan fingerprint density at radius 3 is 2.17 bits per heavy atom. The molecule has 2 aliphatic rings. The summed E-state index contributed by atoms with van der Waals surface area (Å²) in [6, 6.07) is 20.9. The minimum Gasteiger partial charge on any atom is -0.363 e. The SMILES string of the molecule is COC(C(=O)NC1CCN(Cc2ccccc2)CC1)(c1ccccc1)C1CCCC1. The average Bonchev–Trinajstić information content (AvgIpc) is 3.33. The molecule has 4 nitrogen and oxygen atoms in total. The van der Waals surface area contributed by atoms with Crippen LogP contribution in [-0.2, 0) is 21.7 Å². The van der Waals surface area contributed by atoms with Gasteiger partial charge in [0.05, 0.1) is 0 Å². The summed E-state index contributed by atoms with van der Waals surface area (Å²) in [6.07, 6.45) is 6.41. The first kappa shape index (κ1) is 21.1. The third kappa shape index (κ3) is 4.45. The fourth-order valence-corrected chi connectivity index (χ4v) is 5.32. The molecule has 1 saturated heterocycles. The maximum Gasteiger partial charge on any atom is 0.257 e. The zero-order valence-electron chi connectivity index (χ0n) is 18.1. The van der Waals surface area contributed by atoms with Gasteiger partial charge in [-0.15, -0.1) is 0 Å². The number of carbonyl (C=O) groups is 1. The number of benzene rings is 2. The lowest BCUT2D eigenvalue weighted by atomic mass is 9.78. The molecule has 1 saturated carbocycles. The molecule has 0 radical (unpaired) electrons. The smallest absolute Gasteiger partial charge is 0.257 e. The van der Waals surface area contributed by atoms with Gasteiger partial charge in [0.2, 0.25) is 0 Å². The molecule has 160 valence electrons. The highest BCUT2D eigenvalue weighted by Crippen LogP contribution is 2.43. The number of ether oxygens (including phenoxy) is 1. The van der Waals surface area contributed by atoms with Gasteiger partial charge in [-0.05, 0) is 36.8 Å². The number of amides is 1. The van der Waals surface area contributed by atoms with Crippen LogP contribution in [-0.4, -0.2) is 37.0 Å². The summed E-state index contributed by atoms with van der Waals surface area (Å²) in [4.78, 5) is 16.2. The van der Waals surface area contributed by atoms with Crippen molar-refractivity contribution >= 4 is 5.91 Å². The summed E-state index contributed by atoms with van der Waals surface area (Å²) in [7, 11) is 1.70. The zero-order chi connectivity index (χ0) is 20.8. The Hall–Kier alpha value is -2.17. The minimum absolute atomic E-state index is 0.0459. The Labute approximate surface area is 180 Å². The van der Waals surface area contributed by atoms with E-state index < -0.39 is 5.60 Å². The van der Waals surface area contributed by atoms with E-state index in [0.29, 0.717) is 0 Å². The molecular formula is C26H34N2O2. The van der Waals surface area contributed by atoms with Crippen molar-refractivity contribution in [3.05, 3.63) is 71.8 Å². The number of hydrogen-bond acceptors (Lipinski definition) is 3. The van der Waals surface area contributed by atoms with Crippen LogP contribution in [0.4, 0.5) is 0 Å². The monoisotopic (exact) mass is 406 g/mol. The third-order valence-corrected chi connectivity index (χ3v) is 6.96. The fraction of sp³-hybridized carbons (Fsp3) is 0.500. The molecule has 2 aromatic rings. The summed E-state index contributed by atoms with van der Waals surface area (Å²) in [5, 5.41) is 3.38. The molecule has 1 amide bonds. The van der Waals surface area contributed by atoms with Gasteiger partial charge in [0.25, 0.3) is 5.91 Å². The van der Waals surface area contributed by atoms with Crippen molar-refractivity contribution in [1.29, 1.82) is 0 Å². The van der Waals surface area contributed by atoms with Crippen molar-refractivity contribution in [2.45, 2.75) is 56.7 Å². The van der Waals surface area contributed by atoms with Gasteiger partial charge in [0, 0.05) is 38.7 Å². The molecule has 0 spiro atoms. The normalized spacial score (nSPS) is 20.7. The van der Waals surface area contributed by atoms with E-state index in [1.807, 2.05) is 30.3 Å². The highest BCUT2D eigenvalue weighted by molar-refractivity contribution is 5.87. The van der Waals surface area contributed by atoms with E-state index in [1.54, 1.807) is 7.11 Å². The average molecular weight is 407 g/mol. The summed E-state index contributed by atoms with van der Waals surface area (Å²) < 4.78 is 6.09. The van der Waals surface area contributed by atoms with Crippen molar-refractivity contribution in [1.82, 2.24) is 10.2 Å². The maximum atomic E-state index is 13.7. The molecule has 1 heterocycles. The van der Waals surface area contributed by atoms with Gasteiger partial charge < -0.3 is 10.1 Å². The van der Waals surface area contributed by atoms with Gasteiger partial charge in [-0.25, -0.2) is 0 Å². The third-order valence-electron chi connectivity index (χ3n) is 6.96. The Morgan fingerprint density at radius 2 is 1.57 bits per heavy atom. The number of nitrogens with one attached hydrogen (secondary N) is 1. The molecule has 0 aromatic heterocycles. The molecule has 30 heavy (non-hydrogen) atoms. The topological polar surface area (TPSA) is 41.6 Å². The van der Waals surface area contributed by atoms with Crippen LogP contribution in [0, 0.1) is 5.92 Å². The molecule has 1 aliphatic heterocycles. The second-order valence-electron chi connectivity index (χ2n) is 8.80. The zero-order valence-corrected chi connectivity index (χ0v) is 18.1. The summed E-state index contributed by atoms with van der Waals surface area (Å²) >= 11 is 0. The summed E-state index contributed by atoms with van der Waals surface area (Å²) in [5.41, 5.74) is 1.46. The molecule has 2 fully saturated rings. The van der Waals surface area contributed by atoms with Gasteiger partial charge in [-0.1, -0.05) is 73.5 Å². The Balaban J connectivity index is 1.42. The van der Waals surface area contributed by atoms with E-state index in [1.165, 1.54) is 18.4 Å². The lowest BCUT2D eigenvalue weighted by Gasteiger charge is -2.39. The van der Waals surface area contributed by atoms with E-state index >= 15 is 0 Å². The van der Waals surface area contributed by atoms with E-state index in [-0.39, 0.29) is 17.9 Å². The molecular weight excluding hydrogens is 372 g/mol. The largest absolute Gasteiger partial charge is 0.363 e. The predicted molar refractivity (Wildman–Crippen MR) is 120 cm³/mol. The maximum absolute atomic E-state index is 13.7. The van der Waals surface area contributed by atoms with Crippen LogP contribution in [0.1, 0.15) is 49.7 Å². The Bertz CT molecular complexity index is 796. The van der Waals surface area contributed by atoms with Crippen LogP contribution >= 0.6 is 0 Å². The first-order valence-electron chi connectivity index (χ1n) is 11.4. The number of methoxy groups -OCH3 is 1. The van der Waals surface area contributed by atoms with Crippen LogP contribution in [0.3, 0.4) is 0 Å². The standard InChI is InChI=1S/C26H34N2O2/c1-30-26(23-14-8-9-15-23,22-12-6-3-7-13-22)25(29)27-24-16-18-28(19-17-24)20-21-10-4-2-5-11-21/h2-7,10-13,23-24H,8-9,14-20H2,1H3,(H,27,29). The van der Waals surface area contributed by atoms with Crippen LogP contribution < -0.4 is 5.32 Å². The van der Waals surface area contributed by atoms with Gasteiger partial charge >= 0.3 is 0 Å². The first-order chi connectivity index (χ1) is 14.7. The second kappa shape index (κ2) is 9.76. The molecule has 4 heteroatoms. The lowest BCUT2D eigenvalue weighted by molar-refractivity contribution is -0.154. The van der Waals surface area contributed by atoms with E-state index in [4.69, 9.17) is 4.74 Å². The van der Waals surface area contributed by atoms with Crippen LogP contribution in [0.2, 0.25) is 0 Å². The molecule has 1 aliphatic carbocycles. The number of likely N-dealkylation sites (tertiary alicyclic amines) is 1. The number of carbonyl (C=O) groups excluding carboxylic acids is 1. The van der Waals surface area contributed by atoms with Crippen molar-refractivity contribution in [2.24, 2.45) is 5.92 Å². The van der Waals surface area contributed by atoms with Crippen LogP contribution in [0.15, 0.2) is 60.7 Å². The van der Waals surface area contributed by atoms with Gasteiger partial charge in [-0.3, -0.25) is 9.69 Å². The van der Waals surface area contributed by atoms with E-state index in [9.17, 15) is 4.79 Å². The number of rotatable bonds is 7.